The van der Waals surface area contributed by atoms with E-state index in [4.69, 9.17) is 4.98 Å². The fourth-order valence-electron chi connectivity index (χ4n) is 6.23. The van der Waals surface area contributed by atoms with Gasteiger partial charge in [0.15, 0.2) is 5.01 Å². The van der Waals surface area contributed by atoms with Crippen molar-refractivity contribution in [2.75, 3.05) is 0 Å². The van der Waals surface area contributed by atoms with Crippen molar-refractivity contribution in [1.82, 2.24) is 10.3 Å². The standard InChI is InChI=1S/C32H44N2O3S/c1-31(2,3)23-17-22(18-24(19-23)32(4)14-15-32)27-26(16-20-8-6-5-7-9-20)34-29(38-27)28(35)33-25-12-10-21(11-13-25)30(36)37/h17-21,25H,5-16H2,1-4H3,(H,33,35)(H,36,37)/t21-,25+. The maximum absolute atomic E-state index is 13.4. The SMILES string of the molecule is CC(C)(C)c1cc(-c2sc(C(=O)N[C@H]3CC[C@@H](C(=O)O)CC3)nc2CC2CCCCC2)cc(C2(C)CC2)c1. The van der Waals surface area contributed by atoms with E-state index in [1.807, 2.05) is 0 Å². The molecule has 38 heavy (non-hydrogen) atoms. The molecular weight excluding hydrogens is 492 g/mol. The number of aromatic nitrogens is 1. The van der Waals surface area contributed by atoms with Crippen molar-refractivity contribution in [2.45, 2.75) is 122 Å². The van der Waals surface area contributed by atoms with E-state index in [9.17, 15) is 14.7 Å². The quantitative estimate of drug-likeness (QED) is 0.381. The molecule has 3 aliphatic rings. The highest BCUT2D eigenvalue weighted by Crippen LogP contribution is 2.50. The van der Waals surface area contributed by atoms with Crippen LogP contribution in [-0.2, 0) is 22.0 Å². The van der Waals surface area contributed by atoms with Gasteiger partial charge in [-0.25, -0.2) is 4.98 Å². The average molecular weight is 537 g/mol. The maximum Gasteiger partial charge on any atom is 0.306 e. The number of nitrogens with one attached hydrogen (secondary N) is 1. The highest BCUT2D eigenvalue weighted by molar-refractivity contribution is 7.17. The zero-order valence-electron chi connectivity index (χ0n) is 23.6. The second-order valence-electron chi connectivity index (χ2n) is 13.5. The van der Waals surface area contributed by atoms with Gasteiger partial charge in [0.1, 0.15) is 0 Å². The molecule has 3 fully saturated rings. The van der Waals surface area contributed by atoms with Crippen LogP contribution in [0, 0.1) is 11.8 Å². The van der Waals surface area contributed by atoms with Crippen molar-refractivity contribution in [1.29, 1.82) is 0 Å². The van der Waals surface area contributed by atoms with Gasteiger partial charge in [0.2, 0.25) is 0 Å². The zero-order valence-corrected chi connectivity index (χ0v) is 24.4. The zero-order chi connectivity index (χ0) is 27.1. The Bertz CT molecular complexity index is 1150. The number of rotatable bonds is 7. The molecule has 0 bridgehead atoms. The van der Waals surface area contributed by atoms with Crippen molar-refractivity contribution < 1.29 is 14.7 Å². The third-order valence-electron chi connectivity index (χ3n) is 9.27. The van der Waals surface area contributed by atoms with E-state index >= 15 is 0 Å². The normalized spacial score (nSPS) is 23.7. The van der Waals surface area contributed by atoms with Crippen molar-refractivity contribution in [2.24, 2.45) is 11.8 Å². The highest BCUT2D eigenvalue weighted by Gasteiger charge is 2.40. The van der Waals surface area contributed by atoms with Gasteiger partial charge in [-0.1, -0.05) is 65.9 Å². The van der Waals surface area contributed by atoms with Crippen LogP contribution in [0.2, 0.25) is 0 Å². The molecule has 1 aromatic carbocycles. The number of nitrogens with zero attached hydrogens (tertiary/aromatic N) is 1. The van der Waals surface area contributed by atoms with Crippen LogP contribution in [0.3, 0.4) is 0 Å². The third-order valence-corrected chi connectivity index (χ3v) is 10.4. The number of amides is 1. The van der Waals surface area contributed by atoms with E-state index in [2.05, 4.69) is 51.2 Å². The summed E-state index contributed by atoms with van der Waals surface area (Å²) in [7, 11) is 0. The molecular formula is C32H44N2O3S. The summed E-state index contributed by atoms with van der Waals surface area (Å²) in [6.07, 6.45) is 12.5. The molecule has 5 rings (SSSR count). The highest BCUT2D eigenvalue weighted by atomic mass is 32.1. The fourth-order valence-corrected chi connectivity index (χ4v) is 7.21. The van der Waals surface area contributed by atoms with E-state index in [-0.39, 0.29) is 28.7 Å². The van der Waals surface area contributed by atoms with Crippen molar-refractivity contribution in [3.63, 3.8) is 0 Å². The number of carbonyl (C=O) groups is 2. The molecule has 0 aliphatic heterocycles. The minimum absolute atomic E-state index is 0.0258. The van der Waals surface area contributed by atoms with Gasteiger partial charge in [-0.15, -0.1) is 11.3 Å². The Kier molecular flexibility index (Phi) is 7.74. The Morgan fingerprint density at radius 3 is 2.32 bits per heavy atom. The summed E-state index contributed by atoms with van der Waals surface area (Å²) in [5.41, 5.74) is 5.36. The van der Waals surface area contributed by atoms with Crippen LogP contribution in [0.15, 0.2) is 18.2 Å². The number of hydrogen-bond donors (Lipinski definition) is 2. The number of carboxylic acid groups (broad SMARTS) is 1. The van der Waals surface area contributed by atoms with E-state index in [1.165, 1.54) is 61.6 Å². The number of aliphatic carboxylic acids is 1. The van der Waals surface area contributed by atoms with Crippen LogP contribution < -0.4 is 5.32 Å². The van der Waals surface area contributed by atoms with Crippen molar-refractivity contribution in [3.05, 3.63) is 40.0 Å². The van der Waals surface area contributed by atoms with Gasteiger partial charge in [-0.05, 0) is 90.5 Å². The molecule has 206 valence electrons. The summed E-state index contributed by atoms with van der Waals surface area (Å²) < 4.78 is 0. The molecule has 3 aliphatic carbocycles. The van der Waals surface area contributed by atoms with Crippen molar-refractivity contribution >= 4 is 23.2 Å². The first-order chi connectivity index (χ1) is 18.0. The minimum Gasteiger partial charge on any atom is -0.481 e. The van der Waals surface area contributed by atoms with Crippen LogP contribution in [0.4, 0.5) is 0 Å². The fraction of sp³-hybridized carbons (Fsp3) is 0.656. The smallest absolute Gasteiger partial charge is 0.306 e. The van der Waals surface area contributed by atoms with Crippen LogP contribution >= 0.6 is 11.3 Å². The summed E-state index contributed by atoms with van der Waals surface area (Å²) in [5.74, 6) is -0.470. The Balaban J connectivity index is 1.45. The van der Waals surface area contributed by atoms with Gasteiger partial charge in [-0.3, -0.25) is 9.59 Å². The van der Waals surface area contributed by atoms with E-state index in [0.29, 0.717) is 36.6 Å². The number of thiazole rings is 1. The van der Waals surface area contributed by atoms with E-state index < -0.39 is 5.97 Å². The van der Waals surface area contributed by atoms with Gasteiger partial charge in [0, 0.05) is 6.04 Å². The molecule has 0 radical (unpaired) electrons. The molecule has 2 N–H and O–H groups in total. The third kappa shape index (κ3) is 6.16. The van der Waals surface area contributed by atoms with Crippen LogP contribution in [0.25, 0.3) is 10.4 Å². The van der Waals surface area contributed by atoms with Gasteiger partial charge in [0.05, 0.1) is 16.5 Å². The van der Waals surface area contributed by atoms with E-state index in [0.717, 1.165) is 17.0 Å². The molecule has 1 heterocycles. The molecule has 1 aromatic heterocycles. The molecule has 6 heteroatoms. The lowest BCUT2D eigenvalue weighted by molar-refractivity contribution is -0.142. The minimum atomic E-state index is -0.719. The monoisotopic (exact) mass is 536 g/mol. The molecule has 0 saturated heterocycles. The lowest BCUT2D eigenvalue weighted by Gasteiger charge is -2.26. The van der Waals surface area contributed by atoms with Crippen LogP contribution in [0.5, 0.6) is 0 Å². The Hall–Kier alpha value is -2.21. The summed E-state index contributed by atoms with van der Waals surface area (Å²) in [6.45, 7) is 9.20. The first-order valence-corrected chi connectivity index (χ1v) is 15.5. The van der Waals surface area contributed by atoms with Gasteiger partial charge in [-0.2, -0.15) is 0 Å². The Morgan fingerprint density at radius 2 is 1.71 bits per heavy atom. The lowest BCUT2D eigenvalue weighted by atomic mass is 9.82. The largest absolute Gasteiger partial charge is 0.481 e. The average Bonchev–Trinajstić information content (AvgIpc) is 3.50. The van der Waals surface area contributed by atoms with Crippen LogP contribution in [0.1, 0.15) is 125 Å². The lowest BCUT2D eigenvalue weighted by Crippen LogP contribution is -2.38. The summed E-state index contributed by atoms with van der Waals surface area (Å²) in [5, 5.41) is 13.0. The number of carboxylic acids is 1. The maximum atomic E-state index is 13.4. The molecule has 0 spiro atoms. The molecule has 1 amide bonds. The molecule has 2 aromatic rings. The number of hydrogen-bond acceptors (Lipinski definition) is 4. The molecule has 3 saturated carbocycles. The Morgan fingerprint density at radius 1 is 1.03 bits per heavy atom. The summed E-state index contributed by atoms with van der Waals surface area (Å²) in [6, 6.07) is 7.13. The number of benzene rings is 1. The topological polar surface area (TPSA) is 79.3 Å². The molecule has 5 nitrogen and oxygen atoms in total. The predicted octanol–water partition coefficient (Wildman–Crippen LogP) is 7.66. The Labute approximate surface area is 231 Å². The number of carbonyl (C=O) groups excluding carboxylic acids is 1. The van der Waals surface area contributed by atoms with Crippen LogP contribution in [-0.4, -0.2) is 28.0 Å². The van der Waals surface area contributed by atoms with Crippen molar-refractivity contribution in [3.8, 4) is 10.4 Å². The summed E-state index contributed by atoms with van der Waals surface area (Å²) >= 11 is 1.55. The molecule has 0 atom stereocenters. The predicted molar refractivity (Wildman–Crippen MR) is 154 cm³/mol. The first kappa shape index (κ1) is 27.4. The molecule has 0 unspecified atom stereocenters. The second kappa shape index (κ2) is 10.7. The summed E-state index contributed by atoms with van der Waals surface area (Å²) in [4.78, 5) is 30.9. The van der Waals surface area contributed by atoms with Gasteiger partial charge < -0.3 is 10.4 Å². The first-order valence-electron chi connectivity index (χ1n) is 14.7. The van der Waals surface area contributed by atoms with Gasteiger partial charge in [0.25, 0.3) is 5.91 Å². The second-order valence-corrected chi connectivity index (χ2v) is 14.5. The van der Waals surface area contributed by atoms with Gasteiger partial charge >= 0.3 is 5.97 Å². The van der Waals surface area contributed by atoms with E-state index in [1.54, 1.807) is 11.3 Å².